The molecule has 1 amide bonds. The maximum atomic E-state index is 12.4. The first-order valence-corrected chi connectivity index (χ1v) is 8.04. The van der Waals surface area contributed by atoms with Crippen molar-refractivity contribution in [2.75, 3.05) is 18.0 Å². The van der Waals surface area contributed by atoms with Crippen molar-refractivity contribution in [3.05, 3.63) is 59.7 Å². The van der Waals surface area contributed by atoms with E-state index in [2.05, 4.69) is 22.3 Å². The van der Waals surface area contributed by atoms with E-state index in [4.69, 9.17) is 0 Å². The summed E-state index contributed by atoms with van der Waals surface area (Å²) in [6.45, 7) is 3.65. The molecule has 23 heavy (non-hydrogen) atoms. The van der Waals surface area contributed by atoms with E-state index in [1.54, 1.807) is 25.1 Å². The number of aromatic hydroxyl groups is 1. The highest BCUT2D eigenvalue weighted by Crippen LogP contribution is 2.23. The lowest BCUT2D eigenvalue weighted by atomic mass is 10.0. The number of phenolic OH excluding ortho intramolecular Hbond substituents is 1. The number of benzene rings is 2. The van der Waals surface area contributed by atoms with Gasteiger partial charge in [-0.1, -0.05) is 30.3 Å². The molecular weight excluding hydrogens is 288 g/mol. The number of rotatable bonds is 3. The number of hydrogen-bond donors (Lipinski definition) is 2. The van der Waals surface area contributed by atoms with Gasteiger partial charge in [0.05, 0.1) is 5.56 Å². The maximum absolute atomic E-state index is 12.4. The predicted octanol–water partition coefficient (Wildman–Crippen LogP) is 3.10. The molecule has 2 aromatic carbocycles. The number of hydrogen-bond acceptors (Lipinski definition) is 3. The van der Waals surface area contributed by atoms with Crippen molar-refractivity contribution in [3.63, 3.8) is 0 Å². The molecule has 4 nitrogen and oxygen atoms in total. The number of nitrogens with one attached hydrogen (secondary N) is 1. The quantitative estimate of drug-likeness (QED) is 0.916. The van der Waals surface area contributed by atoms with Crippen LogP contribution in [-0.2, 0) is 0 Å². The molecule has 120 valence electrons. The summed E-state index contributed by atoms with van der Waals surface area (Å²) in [4.78, 5) is 14.7. The first-order chi connectivity index (χ1) is 11.1. The smallest absolute Gasteiger partial charge is 0.255 e. The van der Waals surface area contributed by atoms with Crippen LogP contribution < -0.4 is 10.2 Å². The van der Waals surface area contributed by atoms with Gasteiger partial charge in [-0.3, -0.25) is 4.79 Å². The van der Waals surface area contributed by atoms with E-state index in [0.717, 1.165) is 31.5 Å². The fourth-order valence-corrected chi connectivity index (χ4v) is 3.03. The van der Waals surface area contributed by atoms with Gasteiger partial charge in [-0.15, -0.1) is 0 Å². The number of phenols is 1. The number of amides is 1. The zero-order chi connectivity index (χ0) is 16.2. The topological polar surface area (TPSA) is 52.6 Å². The highest BCUT2D eigenvalue weighted by Gasteiger charge is 2.22. The van der Waals surface area contributed by atoms with Gasteiger partial charge in [0.2, 0.25) is 0 Å². The summed E-state index contributed by atoms with van der Waals surface area (Å²) in [5, 5.41) is 13.1. The largest absolute Gasteiger partial charge is 0.507 e. The number of carbonyl (C=O) groups excluding carboxylic acids is 1. The minimum Gasteiger partial charge on any atom is -0.507 e. The molecule has 0 aromatic heterocycles. The van der Waals surface area contributed by atoms with Crippen molar-refractivity contribution in [1.29, 1.82) is 0 Å². The molecule has 1 heterocycles. The normalized spacial score (nSPS) is 15.4. The van der Waals surface area contributed by atoms with Gasteiger partial charge < -0.3 is 15.3 Å². The Morgan fingerprint density at radius 1 is 1.09 bits per heavy atom. The van der Waals surface area contributed by atoms with Crippen LogP contribution in [-0.4, -0.2) is 30.1 Å². The van der Waals surface area contributed by atoms with Gasteiger partial charge >= 0.3 is 0 Å². The molecule has 1 saturated heterocycles. The van der Waals surface area contributed by atoms with E-state index in [1.807, 2.05) is 18.2 Å². The number of piperidine rings is 1. The lowest BCUT2D eigenvalue weighted by Gasteiger charge is -2.34. The number of anilines is 1. The van der Waals surface area contributed by atoms with E-state index >= 15 is 0 Å². The summed E-state index contributed by atoms with van der Waals surface area (Å²) in [6, 6.07) is 15.7. The lowest BCUT2D eigenvalue weighted by molar-refractivity contribution is 0.0928. The first-order valence-electron chi connectivity index (χ1n) is 8.04. The molecule has 1 aliphatic heterocycles. The van der Waals surface area contributed by atoms with Crippen molar-refractivity contribution >= 4 is 11.6 Å². The number of carbonyl (C=O) groups is 1. The van der Waals surface area contributed by atoms with Crippen LogP contribution >= 0.6 is 0 Å². The summed E-state index contributed by atoms with van der Waals surface area (Å²) in [5.74, 6) is -0.115. The molecule has 0 aliphatic carbocycles. The highest BCUT2D eigenvalue weighted by molar-refractivity contribution is 5.97. The minimum absolute atomic E-state index is 0.0757. The summed E-state index contributed by atoms with van der Waals surface area (Å²) in [7, 11) is 0. The van der Waals surface area contributed by atoms with Crippen molar-refractivity contribution in [2.45, 2.75) is 25.8 Å². The Labute approximate surface area is 136 Å². The summed E-state index contributed by atoms with van der Waals surface area (Å²) >= 11 is 0. The van der Waals surface area contributed by atoms with Crippen LogP contribution in [0.2, 0.25) is 0 Å². The summed E-state index contributed by atoms with van der Waals surface area (Å²) < 4.78 is 0. The Morgan fingerprint density at radius 2 is 1.78 bits per heavy atom. The van der Waals surface area contributed by atoms with Crippen LogP contribution in [0.1, 0.15) is 28.8 Å². The second-order valence-electron chi connectivity index (χ2n) is 6.04. The number of aryl methyl sites for hydroxylation is 1. The molecule has 0 radical (unpaired) electrons. The monoisotopic (exact) mass is 310 g/mol. The SMILES string of the molecule is Cc1cccc(C(=O)NC2CCN(c3ccccc3)CC2)c1O. The molecular formula is C19H22N2O2. The van der Waals surface area contributed by atoms with Gasteiger partial charge in [0.1, 0.15) is 5.75 Å². The third kappa shape index (κ3) is 3.47. The minimum atomic E-state index is -0.190. The van der Waals surface area contributed by atoms with Gasteiger partial charge in [-0.2, -0.15) is 0 Å². The molecule has 2 N–H and O–H groups in total. The molecule has 1 fully saturated rings. The third-order valence-electron chi connectivity index (χ3n) is 4.43. The van der Waals surface area contributed by atoms with Gasteiger partial charge in [0, 0.05) is 24.8 Å². The maximum Gasteiger partial charge on any atom is 0.255 e. The summed E-state index contributed by atoms with van der Waals surface area (Å²) in [5.41, 5.74) is 2.31. The lowest BCUT2D eigenvalue weighted by Crippen LogP contribution is -2.44. The molecule has 0 saturated carbocycles. The zero-order valence-corrected chi connectivity index (χ0v) is 13.3. The Kier molecular flexibility index (Phi) is 4.51. The fraction of sp³-hybridized carbons (Fsp3) is 0.316. The van der Waals surface area contributed by atoms with E-state index in [1.165, 1.54) is 5.69 Å². The molecule has 0 unspecified atom stereocenters. The molecule has 0 spiro atoms. The third-order valence-corrected chi connectivity index (χ3v) is 4.43. The van der Waals surface area contributed by atoms with Crippen molar-refractivity contribution in [3.8, 4) is 5.75 Å². The van der Waals surface area contributed by atoms with E-state index in [9.17, 15) is 9.90 Å². The highest BCUT2D eigenvalue weighted by atomic mass is 16.3. The molecule has 1 aliphatic rings. The van der Waals surface area contributed by atoms with E-state index < -0.39 is 0 Å². The zero-order valence-electron chi connectivity index (χ0n) is 13.3. The van der Waals surface area contributed by atoms with Crippen LogP contribution in [0.25, 0.3) is 0 Å². The van der Waals surface area contributed by atoms with Crippen LogP contribution in [0.4, 0.5) is 5.69 Å². The summed E-state index contributed by atoms with van der Waals surface area (Å²) in [6.07, 6.45) is 1.82. The Hall–Kier alpha value is -2.49. The van der Waals surface area contributed by atoms with Crippen molar-refractivity contribution in [1.82, 2.24) is 5.32 Å². The Balaban J connectivity index is 1.58. The molecule has 0 atom stereocenters. The Morgan fingerprint density at radius 3 is 2.48 bits per heavy atom. The standard InChI is InChI=1S/C19H22N2O2/c1-14-6-5-9-17(18(14)22)19(23)20-15-10-12-21(13-11-15)16-7-3-2-4-8-16/h2-9,15,22H,10-13H2,1H3,(H,20,23). The van der Waals surface area contributed by atoms with E-state index in [0.29, 0.717) is 5.56 Å². The van der Waals surface area contributed by atoms with Crippen LogP contribution in [0, 0.1) is 6.92 Å². The van der Waals surface area contributed by atoms with Crippen LogP contribution in [0.5, 0.6) is 5.75 Å². The average molecular weight is 310 g/mol. The van der Waals surface area contributed by atoms with E-state index in [-0.39, 0.29) is 17.7 Å². The van der Waals surface area contributed by atoms with Crippen molar-refractivity contribution < 1.29 is 9.90 Å². The molecule has 0 bridgehead atoms. The van der Waals surface area contributed by atoms with Gasteiger partial charge in [-0.05, 0) is 43.5 Å². The predicted molar refractivity (Wildman–Crippen MR) is 92.0 cm³/mol. The second kappa shape index (κ2) is 6.73. The molecule has 2 aromatic rings. The van der Waals surface area contributed by atoms with Crippen molar-refractivity contribution in [2.24, 2.45) is 0 Å². The van der Waals surface area contributed by atoms with Gasteiger partial charge in [0.15, 0.2) is 0 Å². The van der Waals surface area contributed by atoms with Crippen LogP contribution in [0.15, 0.2) is 48.5 Å². The Bertz CT molecular complexity index is 677. The fourth-order valence-electron chi connectivity index (χ4n) is 3.03. The first kappa shape index (κ1) is 15.4. The second-order valence-corrected chi connectivity index (χ2v) is 6.04. The number of nitrogens with zero attached hydrogens (tertiary/aromatic N) is 1. The van der Waals surface area contributed by atoms with Gasteiger partial charge in [-0.25, -0.2) is 0 Å². The molecule has 4 heteroatoms. The van der Waals surface area contributed by atoms with Crippen LogP contribution in [0.3, 0.4) is 0 Å². The number of para-hydroxylation sites is 2. The van der Waals surface area contributed by atoms with Gasteiger partial charge in [0.25, 0.3) is 5.91 Å². The molecule has 3 rings (SSSR count). The average Bonchev–Trinajstić information content (AvgIpc) is 2.59.